The fourth-order valence-electron chi connectivity index (χ4n) is 1.76. The lowest BCUT2D eigenvalue weighted by molar-refractivity contribution is -0.159. The lowest BCUT2D eigenvalue weighted by Crippen LogP contribution is -2.36. The van der Waals surface area contributed by atoms with Gasteiger partial charge < -0.3 is 14.8 Å². The monoisotopic (exact) mass is 221 g/mol. The lowest BCUT2D eigenvalue weighted by atomic mass is 10.2. The smallest absolute Gasteiger partial charge is 0.309 e. The molecule has 1 heterocycles. The highest BCUT2D eigenvalue weighted by atomic mass is 16.7. The molecule has 1 aromatic carbocycles. The van der Waals surface area contributed by atoms with Crippen LogP contribution in [-0.4, -0.2) is 25.4 Å². The van der Waals surface area contributed by atoms with Crippen molar-refractivity contribution >= 4 is 5.97 Å². The largest absolute Gasteiger partial charge is 0.434 e. The molecule has 0 unspecified atom stereocenters. The molecule has 1 fully saturated rings. The van der Waals surface area contributed by atoms with Crippen LogP contribution < -0.4 is 5.32 Å². The van der Waals surface area contributed by atoms with Gasteiger partial charge in [-0.2, -0.15) is 0 Å². The fourth-order valence-corrected chi connectivity index (χ4v) is 1.76. The Kier molecular flexibility index (Phi) is 3.54. The van der Waals surface area contributed by atoms with Crippen LogP contribution in [0.2, 0.25) is 0 Å². The van der Waals surface area contributed by atoms with Crippen molar-refractivity contribution in [1.29, 1.82) is 0 Å². The molecule has 0 aliphatic carbocycles. The standard InChI is InChI=1S/C12H15NO3/c1-15-12-10(7-11(14)16-12)13-8-9-5-3-2-4-6-9/h2-6,10,12-13H,7-8H2,1H3/t10-,12-/m1/s1. The van der Waals surface area contributed by atoms with Crippen LogP contribution in [0.1, 0.15) is 12.0 Å². The van der Waals surface area contributed by atoms with E-state index in [0.29, 0.717) is 13.0 Å². The van der Waals surface area contributed by atoms with Crippen LogP contribution in [-0.2, 0) is 20.8 Å². The number of carbonyl (C=O) groups excluding carboxylic acids is 1. The SMILES string of the molecule is CO[C@@H]1OC(=O)C[C@H]1NCc1ccccc1. The molecule has 2 rings (SSSR count). The minimum absolute atomic E-state index is 0.0577. The molecule has 16 heavy (non-hydrogen) atoms. The highest BCUT2D eigenvalue weighted by Gasteiger charge is 2.34. The molecule has 1 saturated heterocycles. The summed E-state index contributed by atoms with van der Waals surface area (Å²) in [5.74, 6) is -0.211. The first-order valence-electron chi connectivity index (χ1n) is 5.29. The van der Waals surface area contributed by atoms with Gasteiger partial charge in [-0.05, 0) is 5.56 Å². The molecule has 0 amide bonds. The van der Waals surface area contributed by atoms with E-state index in [9.17, 15) is 4.79 Å². The van der Waals surface area contributed by atoms with Crippen molar-refractivity contribution in [3.05, 3.63) is 35.9 Å². The van der Waals surface area contributed by atoms with Crippen LogP contribution in [0.5, 0.6) is 0 Å². The number of nitrogens with one attached hydrogen (secondary N) is 1. The van der Waals surface area contributed by atoms with Crippen molar-refractivity contribution in [2.45, 2.75) is 25.3 Å². The van der Waals surface area contributed by atoms with Gasteiger partial charge in [-0.15, -0.1) is 0 Å². The number of esters is 1. The van der Waals surface area contributed by atoms with Gasteiger partial charge in [0.05, 0.1) is 12.5 Å². The maximum absolute atomic E-state index is 11.1. The Morgan fingerprint density at radius 3 is 2.88 bits per heavy atom. The van der Waals surface area contributed by atoms with Gasteiger partial charge >= 0.3 is 5.97 Å². The summed E-state index contributed by atoms with van der Waals surface area (Å²) in [6.45, 7) is 0.710. The van der Waals surface area contributed by atoms with Gasteiger partial charge in [0.15, 0.2) is 0 Å². The third-order valence-corrected chi connectivity index (χ3v) is 2.61. The van der Waals surface area contributed by atoms with Crippen molar-refractivity contribution in [2.75, 3.05) is 7.11 Å². The average Bonchev–Trinajstić information content (AvgIpc) is 2.68. The Labute approximate surface area is 94.6 Å². The lowest BCUT2D eigenvalue weighted by Gasteiger charge is -2.16. The highest BCUT2D eigenvalue weighted by Crippen LogP contribution is 2.16. The molecule has 1 aromatic rings. The van der Waals surface area contributed by atoms with Crippen molar-refractivity contribution in [2.24, 2.45) is 0 Å². The molecule has 86 valence electrons. The number of ether oxygens (including phenoxy) is 2. The normalized spacial score (nSPS) is 24.4. The molecule has 4 heteroatoms. The second-order valence-electron chi connectivity index (χ2n) is 3.77. The topological polar surface area (TPSA) is 47.6 Å². The van der Waals surface area contributed by atoms with Crippen LogP contribution in [0.3, 0.4) is 0 Å². The van der Waals surface area contributed by atoms with Gasteiger partial charge in [0.1, 0.15) is 0 Å². The maximum Gasteiger partial charge on any atom is 0.309 e. The molecule has 0 spiro atoms. The Morgan fingerprint density at radius 2 is 2.19 bits per heavy atom. The van der Waals surface area contributed by atoms with Gasteiger partial charge in [-0.1, -0.05) is 30.3 Å². The maximum atomic E-state index is 11.1. The zero-order chi connectivity index (χ0) is 11.4. The quantitative estimate of drug-likeness (QED) is 0.772. The van der Waals surface area contributed by atoms with E-state index in [1.807, 2.05) is 30.3 Å². The summed E-state index contributed by atoms with van der Waals surface area (Å²) >= 11 is 0. The van der Waals surface area contributed by atoms with E-state index in [2.05, 4.69) is 5.32 Å². The van der Waals surface area contributed by atoms with Gasteiger partial charge in [-0.3, -0.25) is 4.79 Å². The zero-order valence-electron chi connectivity index (χ0n) is 9.18. The first-order chi connectivity index (χ1) is 7.79. The summed E-state index contributed by atoms with van der Waals surface area (Å²) in [5, 5.41) is 3.26. The van der Waals surface area contributed by atoms with Crippen molar-refractivity contribution < 1.29 is 14.3 Å². The number of cyclic esters (lactones) is 1. The molecule has 0 bridgehead atoms. The first-order valence-corrected chi connectivity index (χ1v) is 5.29. The predicted octanol–water partition coefficient (Wildman–Crippen LogP) is 1.06. The van der Waals surface area contributed by atoms with E-state index in [4.69, 9.17) is 9.47 Å². The second-order valence-corrected chi connectivity index (χ2v) is 3.77. The summed E-state index contributed by atoms with van der Waals surface area (Å²) in [6, 6.07) is 9.96. The summed E-state index contributed by atoms with van der Waals surface area (Å²) in [7, 11) is 1.54. The van der Waals surface area contributed by atoms with Crippen LogP contribution in [0.25, 0.3) is 0 Å². The molecule has 4 nitrogen and oxygen atoms in total. The van der Waals surface area contributed by atoms with Crippen LogP contribution in [0, 0.1) is 0 Å². The van der Waals surface area contributed by atoms with E-state index >= 15 is 0 Å². The average molecular weight is 221 g/mol. The number of benzene rings is 1. The number of carbonyl (C=O) groups is 1. The Hall–Kier alpha value is -1.39. The van der Waals surface area contributed by atoms with Crippen LogP contribution in [0.15, 0.2) is 30.3 Å². The Balaban J connectivity index is 1.88. The predicted molar refractivity (Wildman–Crippen MR) is 58.6 cm³/mol. The first kappa shape index (κ1) is 11.1. The molecule has 0 saturated carbocycles. The molecule has 1 N–H and O–H groups in total. The zero-order valence-corrected chi connectivity index (χ0v) is 9.18. The van der Waals surface area contributed by atoms with E-state index < -0.39 is 6.29 Å². The molecule has 0 aromatic heterocycles. The van der Waals surface area contributed by atoms with E-state index in [1.165, 1.54) is 5.56 Å². The third-order valence-electron chi connectivity index (χ3n) is 2.61. The molecular weight excluding hydrogens is 206 g/mol. The van der Waals surface area contributed by atoms with Gasteiger partial charge in [0, 0.05) is 13.7 Å². The molecular formula is C12H15NO3. The molecule has 0 radical (unpaired) electrons. The molecule has 2 atom stereocenters. The fraction of sp³-hybridized carbons (Fsp3) is 0.417. The number of methoxy groups -OCH3 is 1. The van der Waals surface area contributed by atoms with E-state index in [0.717, 1.165) is 0 Å². The van der Waals surface area contributed by atoms with Crippen LogP contribution in [0.4, 0.5) is 0 Å². The number of hydrogen-bond donors (Lipinski definition) is 1. The van der Waals surface area contributed by atoms with Crippen molar-refractivity contribution in [3.63, 3.8) is 0 Å². The third kappa shape index (κ3) is 2.59. The number of hydrogen-bond acceptors (Lipinski definition) is 4. The molecule has 1 aliphatic rings. The Bertz CT molecular complexity index is 353. The minimum Gasteiger partial charge on any atom is -0.434 e. The van der Waals surface area contributed by atoms with Gasteiger partial charge in [-0.25, -0.2) is 0 Å². The summed E-state index contributed by atoms with van der Waals surface area (Å²) in [6.07, 6.45) is -0.0954. The molecule has 1 aliphatic heterocycles. The summed E-state index contributed by atoms with van der Waals surface area (Å²) in [5.41, 5.74) is 1.18. The van der Waals surface area contributed by atoms with Gasteiger partial charge in [0.2, 0.25) is 6.29 Å². The van der Waals surface area contributed by atoms with E-state index in [1.54, 1.807) is 7.11 Å². The number of rotatable bonds is 4. The summed E-state index contributed by atoms with van der Waals surface area (Å²) < 4.78 is 10.1. The summed E-state index contributed by atoms with van der Waals surface area (Å²) in [4.78, 5) is 11.1. The van der Waals surface area contributed by atoms with E-state index in [-0.39, 0.29) is 12.0 Å². The minimum atomic E-state index is -0.462. The second kappa shape index (κ2) is 5.09. The van der Waals surface area contributed by atoms with Crippen LogP contribution >= 0.6 is 0 Å². The van der Waals surface area contributed by atoms with Crippen molar-refractivity contribution in [3.8, 4) is 0 Å². The van der Waals surface area contributed by atoms with Gasteiger partial charge in [0.25, 0.3) is 0 Å². The highest BCUT2D eigenvalue weighted by molar-refractivity contribution is 5.72. The Morgan fingerprint density at radius 1 is 1.44 bits per heavy atom. The van der Waals surface area contributed by atoms with Crippen molar-refractivity contribution in [1.82, 2.24) is 5.32 Å².